The zero-order valence-corrected chi connectivity index (χ0v) is 9.49. The second kappa shape index (κ2) is 5.20. The van der Waals surface area contributed by atoms with Gasteiger partial charge in [-0.25, -0.2) is 0 Å². The van der Waals surface area contributed by atoms with Crippen molar-refractivity contribution in [2.45, 2.75) is 45.8 Å². The van der Waals surface area contributed by atoms with E-state index in [-0.39, 0.29) is 5.60 Å². The first kappa shape index (κ1) is 11.3. The molecule has 1 heterocycles. The van der Waals surface area contributed by atoms with Gasteiger partial charge >= 0.3 is 0 Å². The fourth-order valence-corrected chi connectivity index (χ4v) is 1.29. The van der Waals surface area contributed by atoms with Crippen LogP contribution in [0.5, 0.6) is 0 Å². The summed E-state index contributed by atoms with van der Waals surface area (Å²) in [5.41, 5.74) is 0.00739. The smallest absolute Gasteiger partial charge is 0.0598 e. The summed E-state index contributed by atoms with van der Waals surface area (Å²) in [5, 5.41) is 0. The lowest BCUT2D eigenvalue weighted by Crippen LogP contribution is -2.19. The SMILES string of the molecule is CC(C)(C)OCCCCn1cccc1. The maximum absolute atomic E-state index is 5.64. The number of aryl methyl sites for hydroxylation is 1. The first-order chi connectivity index (χ1) is 6.58. The summed E-state index contributed by atoms with van der Waals surface area (Å²) in [6, 6.07) is 4.12. The van der Waals surface area contributed by atoms with Crippen molar-refractivity contribution in [3.8, 4) is 0 Å². The van der Waals surface area contributed by atoms with Gasteiger partial charge in [0.05, 0.1) is 5.60 Å². The van der Waals surface area contributed by atoms with Crippen LogP contribution >= 0.6 is 0 Å². The number of unbranched alkanes of at least 4 members (excludes halogenated alkanes) is 1. The largest absolute Gasteiger partial charge is 0.376 e. The quantitative estimate of drug-likeness (QED) is 0.659. The maximum atomic E-state index is 5.64. The molecule has 0 N–H and O–H groups in total. The summed E-state index contributed by atoms with van der Waals surface area (Å²) in [4.78, 5) is 0. The summed E-state index contributed by atoms with van der Waals surface area (Å²) >= 11 is 0. The lowest BCUT2D eigenvalue weighted by atomic mass is 10.2. The Morgan fingerprint density at radius 2 is 1.71 bits per heavy atom. The van der Waals surface area contributed by atoms with E-state index in [4.69, 9.17) is 4.74 Å². The Balaban J connectivity index is 2.00. The third-order valence-corrected chi connectivity index (χ3v) is 2.01. The van der Waals surface area contributed by atoms with Crippen molar-refractivity contribution in [1.82, 2.24) is 4.57 Å². The van der Waals surface area contributed by atoms with Gasteiger partial charge in [0.15, 0.2) is 0 Å². The predicted molar refractivity (Wildman–Crippen MR) is 59.4 cm³/mol. The zero-order chi connectivity index (χ0) is 10.4. The third-order valence-electron chi connectivity index (χ3n) is 2.01. The minimum Gasteiger partial charge on any atom is -0.376 e. The molecule has 0 bridgehead atoms. The summed E-state index contributed by atoms with van der Waals surface area (Å²) in [6.07, 6.45) is 6.52. The number of rotatable bonds is 5. The highest BCUT2D eigenvalue weighted by Gasteiger charge is 2.08. The van der Waals surface area contributed by atoms with Gasteiger partial charge in [0, 0.05) is 25.5 Å². The Morgan fingerprint density at radius 3 is 2.29 bits per heavy atom. The number of aromatic nitrogens is 1. The average molecular weight is 195 g/mol. The van der Waals surface area contributed by atoms with Gasteiger partial charge < -0.3 is 9.30 Å². The van der Waals surface area contributed by atoms with E-state index in [0.29, 0.717) is 0 Å². The number of hydrogen-bond donors (Lipinski definition) is 0. The molecule has 0 aliphatic heterocycles. The molecule has 0 radical (unpaired) electrons. The highest BCUT2D eigenvalue weighted by molar-refractivity contribution is 4.89. The Morgan fingerprint density at radius 1 is 1.07 bits per heavy atom. The number of nitrogens with zero attached hydrogens (tertiary/aromatic N) is 1. The standard InChI is InChI=1S/C12H21NO/c1-12(2,3)14-11-7-6-10-13-8-4-5-9-13/h4-5,8-9H,6-7,10-11H2,1-3H3. The van der Waals surface area contributed by atoms with Crippen LogP contribution in [0.25, 0.3) is 0 Å². The monoisotopic (exact) mass is 195 g/mol. The molecule has 1 aromatic heterocycles. The Kier molecular flexibility index (Phi) is 4.21. The van der Waals surface area contributed by atoms with Crippen LogP contribution in [-0.2, 0) is 11.3 Å². The Bertz CT molecular complexity index is 233. The van der Waals surface area contributed by atoms with E-state index < -0.39 is 0 Å². The maximum Gasteiger partial charge on any atom is 0.0598 e. The molecule has 80 valence electrons. The Hall–Kier alpha value is -0.760. The molecular weight excluding hydrogens is 174 g/mol. The van der Waals surface area contributed by atoms with E-state index in [9.17, 15) is 0 Å². The van der Waals surface area contributed by atoms with Crippen molar-refractivity contribution in [3.63, 3.8) is 0 Å². The molecule has 0 saturated carbocycles. The molecule has 0 aliphatic carbocycles. The molecule has 0 aliphatic rings. The summed E-state index contributed by atoms with van der Waals surface area (Å²) in [7, 11) is 0. The van der Waals surface area contributed by atoms with Crippen LogP contribution in [0.15, 0.2) is 24.5 Å². The number of ether oxygens (including phenoxy) is 1. The minimum absolute atomic E-state index is 0.00739. The van der Waals surface area contributed by atoms with Gasteiger partial charge in [-0.1, -0.05) is 0 Å². The van der Waals surface area contributed by atoms with Crippen molar-refractivity contribution in [2.75, 3.05) is 6.61 Å². The van der Waals surface area contributed by atoms with Gasteiger partial charge in [0.2, 0.25) is 0 Å². The minimum atomic E-state index is 0.00739. The Labute approximate surface area is 86.9 Å². The fourth-order valence-electron chi connectivity index (χ4n) is 1.29. The van der Waals surface area contributed by atoms with Crippen LogP contribution < -0.4 is 0 Å². The van der Waals surface area contributed by atoms with E-state index in [2.05, 4.69) is 49.9 Å². The number of hydrogen-bond acceptors (Lipinski definition) is 1. The van der Waals surface area contributed by atoms with Crippen molar-refractivity contribution in [3.05, 3.63) is 24.5 Å². The van der Waals surface area contributed by atoms with Crippen molar-refractivity contribution in [2.24, 2.45) is 0 Å². The van der Waals surface area contributed by atoms with E-state index in [0.717, 1.165) is 19.6 Å². The van der Waals surface area contributed by atoms with Crippen molar-refractivity contribution >= 4 is 0 Å². The molecule has 1 rings (SSSR count). The van der Waals surface area contributed by atoms with Crippen LogP contribution in [0.3, 0.4) is 0 Å². The van der Waals surface area contributed by atoms with E-state index in [1.807, 2.05) is 0 Å². The van der Waals surface area contributed by atoms with Gasteiger partial charge in [-0.2, -0.15) is 0 Å². The van der Waals surface area contributed by atoms with Gasteiger partial charge in [0.25, 0.3) is 0 Å². The van der Waals surface area contributed by atoms with E-state index in [1.54, 1.807) is 0 Å². The summed E-state index contributed by atoms with van der Waals surface area (Å²) in [5.74, 6) is 0. The van der Waals surface area contributed by atoms with Gasteiger partial charge in [0.1, 0.15) is 0 Å². The van der Waals surface area contributed by atoms with Crippen LogP contribution in [0, 0.1) is 0 Å². The zero-order valence-electron chi connectivity index (χ0n) is 9.49. The lowest BCUT2D eigenvalue weighted by Gasteiger charge is -2.19. The van der Waals surface area contributed by atoms with Gasteiger partial charge in [-0.3, -0.25) is 0 Å². The molecule has 0 atom stereocenters. The third kappa shape index (κ3) is 5.07. The molecule has 0 unspecified atom stereocenters. The topological polar surface area (TPSA) is 14.2 Å². The van der Waals surface area contributed by atoms with Crippen LogP contribution in [-0.4, -0.2) is 16.8 Å². The normalized spacial score (nSPS) is 11.9. The summed E-state index contributed by atoms with van der Waals surface area (Å²) in [6.45, 7) is 8.25. The second-order valence-electron chi connectivity index (χ2n) is 4.59. The van der Waals surface area contributed by atoms with Gasteiger partial charge in [-0.15, -0.1) is 0 Å². The molecule has 0 saturated heterocycles. The fraction of sp³-hybridized carbons (Fsp3) is 0.667. The first-order valence-electron chi connectivity index (χ1n) is 5.33. The molecular formula is C12H21NO. The van der Waals surface area contributed by atoms with Crippen LogP contribution in [0.4, 0.5) is 0 Å². The van der Waals surface area contributed by atoms with Crippen LogP contribution in [0.1, 0.15) is 33.6 Å². The molecule has 0 spiro atoms. The highest BCUT2D eigenvalue weighted by Crippen LogP contribution is 2.08. The average Bonchev–Trinajstić information content (AvgIpc) is 2.54. The second-order valence-corrected chi connectivity index (χ2v) is 4.59. The lowest BCUT2D eigenvalue weighted by molar-refractivity contribution is -0.00487. The molecule has 1 aromatic rings. The molecule has 0 aromatic carbocycles. The molecule has 0 fully saturated rings. The van der Waals surface area contributed by atoms with Crippen LogP contribution in [0.2, 0.25) is 0 Å². The highest BCUT2D eigenvalue weighted by atomic mass is 16.5. The molecule has 14 heavy (non-hydrogen) atoms. The molecule has 0 amide bonds. The summed E-state index contributed by atoms with van der Waals surface area (Å²) < 4.78 is 7.84. The van der Waals surface area contributed by atoms with E-state index >= 15 is 0 Å². The van der Waals surface area contributed by atoms with Crippen molar-refractivity contribution in [1.29, 1.82) is 0 Å². The molecule has 2 heteroatoms. The molecule has 2 nitrogen and oxygen atoms in total. The van der Waals surface area contributed by atoms with E-state index in [1.165, 1.54) is 6.42 Å². The predicted octanol–water partition coefficient (Wildman–Crippen LogP) is 3.08. The van der Waals surface area contributed by atoms with Crippen molar-refractivity contribution < 1.29 is 4.74 Å². The van der Waals surface area contributed by atoms with Gasteiger partial charge in [-0.05, 0) is 45.7 Å². The first-order valence-corrected chi connectivity index (χ1v) is 5.33.